The smallest absolute Gasteiger partial charge is 0.138 e. The summed E-state index contributed by atoms with van der Waals surface area (Å²) >= 11 is 0. The van der Waals surface area contributed by atoms with Crippen molar-refractivity contribution in [1.29, 1.82) is 0 Å². The second kappa shape index (κ2) is 6.75. The van der Waals surface area contributed by atoms with Gasteiger partial charge in [-0.2, -0.15) is 0 Å². The predicted molar refractivity (Wildman–Crippen MR) is 85.8 cm³/mol. The summed E-state index contributed by atoms with van der Waals surface area (Å²) in [5.41, 5.74) is 4.59. The fourth-order valence-corrected chi connectivity index (χ4v) is 3.20. The zero-order valence-corrected chi connectivity index (χ0v) is 13.7. The van der Waals surface area contributed by atoms with E-state index < -0.39 is 0 Å². The lowest BCUT2D eigenvalue weighted by atomic mass is 9.70. The van der Waals surface area contributed by atoms with Crippen molar-refractivity contribution in [3.05, 3.63) is 24.0 Å². The second-order valence-electron chi connectivity index (χ2n) is 7.27. The highest BCUT2D eigenvalue weighted by atomic mass is 16.5. The van der Waals surface area contributed by atoms with E-state index in [0.29, 0.717) is 11.3 Å². The Kier molecular flexibility index (Phi) is 5.22. The average Bonchev–Trinajstić information content (AvgIpc) is 2.41. The number of hydrazine groups is 1. The van der Waals surface area contributed by atoms with Crippen LogP contribution in [0.3, 0.4) is 0 Å². The minimum atomic E-state index is 0.154. The first-order valence-corrected chi connectivity index (χ1v) is 7.99. The molecule has 0 bridgehead atoms. The van der Waals surface area contributed by atoms with E-state index in [0.717, 1.165) is 11.3 Å². The Bertz CT molecular complexity index is 449. The number of nitrogens with zero attached hydrogens (tertiary/aromatic N) is 1. The number of pyridine rings is 1. The molecular weight excluding hydrogens is 262 g/mol. The highest BCUT2D eigenvalue weighted by Gasteiger charge is 2.31. The van der Waals surface area contributed by atoms with Crippen molar-refractivity contribution in [2.75, 3.05) is 0 Å². The molecule has 1 fully saturated rings. The molecule has 1 aliphatic rings. The van der Waals surface area contributed by atoms with Crippen LogP contribution in [-0.4, -0.2) is 11.1 Å². The molecule has 1 heterocycles. The molecular formula is C17H29N3O. The van der Waals surface area contributed by atoms with Gasteiger partial charge >= 0.3 is 0 Å². The lowest BCUT2D eigenvalue weighted by Gasteiger charge is -2.37. The molecule has 1 unspecified atom stereocenters. The monoisotopic (exact) mass is 291 g/mol. The summed E-state index contributed by atoms with van der Waals surface area (Å²) in [5.74, 6) is 7.22. The van der Waals surface area contributed by atoms with Crippen LogP contribution in [0, 0.1) is 11.3 Å². The van der Waals surface area contributed by atoms with Gasteiger partial charge in [-0.15, -0.1) is 0 Å². The Morgan fingerprint density at radius 2 is 1.95 bits per heavy atom. The molecule has 118 valence electrons. The van der Waals surface area contributed by atoms with Crippen LogP contribution in [0.2, 0.25) is 0 Å². The fraction of sp³-hybridized carbons (Fsp3) is 0.706. The van der Waals surface area contributed by atoms with Gasteiger partial charge in [-0.1, -0.05) is 13.8 Å². The number of aromatic nitrogens is 1. The zero-order valence-electron chi connectivity index (χ0n) is 13.7. The molecule has 0 saturated heterocycles. The largest absolute Gasteiger partial charge is 0.489 e. The van der Waals surface area contributed by atoms with Crippen LogP contribution in [0.25, 0.3) is 0 Å². The maximum Gasteiger partial charge on any atom is 0.138 e. The van der Waals surface area contributed by atoms with Gasteiger partial charge in [-0.3, -0.25) is 16.3 Å². The number of nitrogens with one attached hydrogen (secondary N) is 1. The molecule has 21 heavy (non-hydrogen) atoms. The number of nitrogens with two attached hydrogens (primary N) is 1. The Balaban J connectivity index is 2.10. The molecule has 1 aromatic heterocycles. The molecule has 0 amide bonds. The average molecular weight is 291 g/mol. The van der Waals surface area contributed by atoms with Gasteiger partial charge < -0.3 is 4.74 Å². The summed E-state index contributed by atoms with van der Waals surface area (Å²) < 4.78 is 5.74. The molecule has 1 atom stereocenters. The first kappa shape index (κ1) is 16.2. The van der Waals surface area contributed by atoms with Crippen molar-refractivity contribution in [2.24, 2.45) is 17.2 Å². The molecule has 1 saturated carbocycles. The highest BCUT2D eigenvalue weighted by molar-refractivity contribution is 5.26. The van der Waals surface area contributed by atoms with Crippen molar-refractivity contribution in [1.82, 2.24) is 10.4 Å². The third-order valence-electron chi connectivity index (χ3n) is 4.50. The summed E-state index contributed by atoms with van der Waals surface area (Å²) in [7, 11) is 0. The van der Waals surface area contributed by atoms with E-state index in [-0.39, 0.29) is 12.1 Å². The van der Waals surface area contributed by atoms with Crippen LogP contribution < -0.4 is 16.0 Å². The standard InChI is InChI=1S/C17H29N3O/c1-12(2)21-15-9-14(10-19-11-15)16(20-18)13-5-7-17(3,4)8-6-13/h9-13,16,20H,5-8,18H2,1-4H3. The fourth-order valence-electron chi connectivity index (χ4n) is 3.20. The number of hydrogen-bond donors (Lipinski definition) is 2. The van der Waals surface area contributed by atoms with Gasteiger partial charge in [0.1, 0.15) is 5.75 Å². The molecule has 0 aromatic carbocycles. The van der Waals surface area contributed by atoms with E-state index in [1.165, 1.54) is 25.7 Å². The highest BCUT2D eigenvalue weighted by Crippen LogP contribution is 2.42. The Morgan fingerprint density at radius 1 is 1.29 bits per heavy atom. The Morgan fingerprint density at radius 3 is 2.52 bits per heavy atom. The van der Waals surface area contributed by atoms with Crippen molar-refractivity contribution in [3.63, 3.8) is 0 Å². The second-order valence-corrected chi connectivity index (χ2v) is 7.27. The third kappa shape index (κ3) is 4.42. The van der Waals surface area contributed by atoms with Gasteiger partial charge in [0.05, 0.1) is 18.3 Å². The normalized spacial score (nSPS) is 20.5. The van der Waals surface area contributed by atoms with Gasteiger partial charge in [-0.25, -0.2) is 0 Å². The molecule has 0 aliphatic heterocycles. The summed E-state index contributed by atoms with van der Waals surface area (Å²) in [6, 6.07) is 2.22. The van der Waals surface area contributed by atoms with E-state index in [2.05, 4.69) is 30.3 Å². The molecule has 3 N–H and O–H groups in total. The molecule has 1 aliphatic carbocycles. The molecule has 4 nitrogen and oxygen atoms in total. The summed E-state index contributed by atoms with van der Waals surface area (Å²) in [6.07, 6.45) is 8.74. The van der Waals surface area contributed by atoms with Crippen molar-refractivity contribution in [3.8, 4) is 5.75 Å². The van der Waals surface area contributed by atoms with E-state index in [4.69, 9.17) is 10.6 Å². The van der Waals surface area contributed by atoms with Gasteiger partial charge in [0.15, 0.2) is 0 Å². The van der Waals surface area contributed by atoms with E-state index in [9.17, 15) is 0 Å². The molecule has 0 spiro atoms. The molecule has 4 heteroatoms. The van der Waals surface area contributed by atoms with Gasteiger partial charge in [0, 0.05) is 6.20 Å². The van der Waals surface area contributed by atoms with Crippen LogP contribution in [0.1, 0.15) is 65.0 Å². The lowest BCUT2D eigenvalue weighted by Crippen LogP contribution is -2.36. The van der Waals surface area contributed by atoms with Crippen LogP contribution in [0.4, 0.5) is 0 Å². The van der Waals surface area contributed by atoms with E-state index >= 15 is 0 Å². The topological polar surface area (TPSA) is 60.2 Å². The SMILES string of the molecule is CC(C)Oc1cncc(C(NN)C2CCC(C)(C)CC2)c1. The third-order valence-corrected chi connectivity index (χ3v) is 4.50. The van der Waals surface area contributed by atoms with Crippen LogP contribution in [0.15, 0.2) is 18.5 Å². The number of ether oxygens (including phenoxy) is 1. The van der Waals surface area contributed by atoms with Crippen molar-refractivity contribution in [2.45, 2.75) is 65.5 Å². The maximum absolute atomic E-state index is 5.84. The zero-order chi connectivity index (χ0) is 15.5. The maximum atomic E-state index is 5.84. The predicted octanol–water partition coefficient (Wildman–Crippen LogP) is 3.59. The van der Waals surface area contributed by atoms with Crippen LogP contribution >= 0.6 is 0 Å². The van der Waals surface area contributed by atoms with Gasteiger partial charge in [0.25, 0.3) is 0 Å². The number of rotatable bonds is 5. The summed E-state index contributed by atoms with van der Waals surface area (Å²) in [4.78, 5) is 4.31. The van der Waals surface area contributed by atoms with Crippen LogP contribution in [-0.2, 0) is 0 Å². The minimum Gasteiger partial charge on any atom is -0.489 e. The van der Waals surface area contributed by atoms with Gasteiger partial charge in [0.2, 0.25) is 0 Å². The Labute approximate surface area is 128 Å². The van der Waals surface area contributed by atoms with Gasteiger partial charge in [-0.05, 0) is 62.5 Å². The molecule has 2 rings (SSSR count). The Hall–Kier alpha value is -1.13. The van der Waals surface area contributed by atoms with Crippen LogP contribution in [0.5, 0.6) is 5.75 Å². The van der Waals surface area contributed by atoms with E-state index in [1.54, 1.807) is 6.20 Å². The summed E-state index contributed by atoms with van der Waals surface area (Å²) in [5, 5.41) is 0. The minimum absolute atomic E-state index is 0.154. The first-order valence-electron chi connectivity index (χ1n) is 7.99. The number of hydrogen-bond acceptors (Lipinski definition) is 4. The first-order chi connectivity index (χ1) is 9.91. The molecule has 0 radical (unpaired) electrons. The van der Waals surface area contributed by atoms with Crippen molar-refractivity contribution < 1.29 is 4.74 Å². The molecule has 1 aromatic rings. The summed E-state index contributed by atoms with van der Waals surface area (Å²) in [6.45, 7) is 8.75. The lowest BCUT2D eigenvalue weighted by molar-refractivity contribution is 0.161. The quantitative estimate of drug-likeness (QED) is 0.643. The van der Waals surface area contributed by atoms with E-state index in [1.807, 2.05) is 20.0 Å². The van der Waals surface area contributed by atoms with Crippen molar-refractivity contribution >= 4 is 0 Å².